The van der Waals surface area contributed by atoms with Crippen LogP contribution in [0.15, 0.2) is 18.2 Å². The topological polar surface area (TPSA) is 44.8 Å². The average Bonchev–Trinajstić information content (AvgIpc) is 2.35. The molecule has 0 fully saturated rings. The summed E-state index contributed by atoms with van der Waals surface area (Å²) in [4.78, 5) is 11.8. The van der Waals surface area contributed by atoms with E-state index in [4.69, 9.17) is 14.2 Å². The van der Waals surface area contributed by atoms with E-state index in [-0.39, 0.29) is 18.5 Å². The highest BCUT2D eigenvalue weighted by Crippen LogP contribution is 2.30. The number of fused-ring (bicyclic) bond motifs is 1. The zero-order chi connectivity index (χ0) is 12.3. The number of hydrogen-bond acceptors (Lipinski definition) is 4. The zero-order valence-electron chi connectivity index (χ0n) is 10.1. The first-order valence-corrected chi connectivity index (χ1v) is 5.71. The van der Waals surface area contributed by atoms with Gasteiger partial charge in [-0.1, -0.05) is 0 Å². The molecule has 0 aromatic heterocycles. The van der Waals surface area contributed by atoms with Gasteiger partial charge in [-0.25, -0.2) is 0 Å². The summed E-state index contributed by atoms with van der Waals surface area (Å²) in [5.74, 6) is 1.28. The lowest BCUT2D eigenvalue weighted by Crippen LogP contribution is -2.17. The lowest BCUT2D eigenvalue weighted by molar-refractivity contribution is 0.0584. The fraction of sp³-hybridized carbons (Fsp3) is 0.462. The number of carbonyl (C=O) groups excluding carboxylic acids is 1. The standard InChI is InChI=1S/C13H16O4/c1-9(2)17-8-11(14)10-3-4-12-13(7-10)16-6-5-15-12/h3-4,7,9H,5-6,8H2,1-2H3. The third kappa shape index (κ3) is 2.97. The second kappa shape index (κ2) is 5.19. The normalized spacial score (nSPS) is 13.8. The minimum Gasteiger partial charge on any atom is -0.486 e. The molecule has 1 aliphatic rings. The van der Waals surface area contributed by atoms with Crippen LogP contribution in [0.3, 0.4) is 0 Å². The Labute approximate surface area is 100 Å². The number of ketones is 1. The summed E-state index contributed by atoms with van der Waals surface area (Å²) in [5, 5.41) is 0. The third-order valence-electron chi connectivity index (χ3n) is 2.41. The lowest BCUT2D eigenvalue weighted by Gasteiger charge is -2.18. The first-order valence-electron chi connectivity index (χ1n) is 5.71. The second-order valence-corrected chi connectivity index (χ2v) is 4.14. The highest BCUT2D eigenvalue weighted by Gasteiger charge is 2.15. The van der Waals surface area contributed by atoms with Gasteiger partial charge in [-0.05, 0) is 32.0 Å². The van der Waals surface area contributed by atoms with Gasteiger partial charge in [-0.2, -0.15) is 0 Å². The monoisotopic (exact) mass is 236 g/mol. The molecule has 0 saturated heterocycles. The average molecular weight is 236 g/mol. The second-order valence-electron chi connectivity index (χ2n) is 4.14. The predicted octanol–water partition coefficient (Wildman–Crippen LogP) is 2.07. The van der Waals surface area contributed by atoms with Gasteiger partial charge in [0.05, 0.1) is 6.10 Å². The van der Waals surface area contributed by atoms with Crippen molar-refractivity contribution in [2.45, 2.75) is 20.0 Å². The molecule has 0 aliphatic carbocycles. The number of carbonyl (C=O) groups is 1. The van der Waals surface area contributed by atoms with Crippen molar-refractivity contribution in [2.75, 3.05) is 19.8 Å². The quantitative estimate of drug-likeness (QED) is 0.751. The van der Waals surface area contributed by atoms with Gasteiger partial charge in [0.1, 0.15) is 19.8 Å². The molecule has 0 N–H and O–H groups in total. The SMILES string of the molecule is CC(C)OCC(=O)c1ccc2c(c1)OCCO2. The summed E-state index contributed by atoms with van der Waals surface area (Å²) in [7, 11) is 0. The molecule has 4 nitrogen and oxygen atoms in total. The maximum absolute atomic E-state index is 11.8. The van der Waals surface area contributed by atoms with Crippen LogP contribution in [-0.2, 0) is 4.74 Å². The number of Topliss-reactive ketones (excluding diaryl/α,β-unsaturated/α-hetero) is 1. The minimum absolute atomic E-state index is 0.0457. The molecule has 2 rings (SSSR count). The Morgan fingerprint density at radius 1 is 1.29 bits per heavy atom. The Hall–Kier alpha value is -1.55. The molecule has 17 heavy (non-hydrogen) atoms. The van der Waals surface area contributed by atoms with E-state index in [2.05, 4.69) is 0 Å². The summed E-state index contributed by atoms with van der Waals surface area (Å²) < 4.78 is 16.1. The van der Waals surface area contributed by atoms with Gasteiger partial charge < -0.3 is 14.2 Å². The lowest BCUT2D eigenvalue weighted by atomic mass is 10.1. The molecule has 0 spiro atoms. The molecule has 92 valence electrons. The van der Waals surface area contributed by atoms with Gasteiger partial charge in [-0.3, -0.25) is 4.79 Å². The smallest absolute Gasteiger partial charge is 0.188 e. The first-order chi connectivity index (χ1) is 8.16. The van der Waals surface area contributed by atoms with Crippen LogP contribution in [0.5, 0.6) is 11.5 Å². The molecule has 0 atom stereocenters. The molecule has 1 aliphatic heterocycles. The Balaban J connectivity index is 2.08. The van der Waals surface area contributed by atoms with Crippen molar-refractivity contribution in [3.63, 3.8) is 0 Å². The van der Waals surface area contributed by atoms with Crippen LogP contribution in [-0.4, -0.2) is 31.7 Å². The first kappa shape index (κ1) is 11.9. The maximum atomic E-state index is 11.8. The zero-order valence-corrected chi connectivity index (χ0v) is 10.1. The van der Waals surface area contributed by atoms with E-state index >= 15 is 0 Å². The molecule has 4 heteroatoms. The van der Waals surface area contributed by atoms with Gasteiger partial charge in [0.15, 0.2) is 17.3 Å². The van der Waals surface area contributed by atoms with E-state index < -0.39 is 0 Å². The summed E-state index contributed by atoms with van der Waals surface area (Å²) in [6.45, 7) is 4.97. The molecule has 0 radical (unpaired) electrons. The van der Waals surface area contributed by atoms with Gasteiger partial charge in [0.2, 0.25) is 0 Å². The van der Waals surface area contributed by atoms with Crippen LogP contribution in [0.25, 0.3) is 0 Å². The van der Waals surface area contributed by atoms with E-state index in [0.29, 0.717) is 30.3 Å². The molecule has 0 saturated carbocycles. The van der Waals surface area contributed by atoms with E-state index in [1.165, 1.54) is 0 Å². The molecule has 1 heterocycles. The summed E-state index contributed by atoms with van der Waals surface area (Å²) in [6, 6.07) is 5.21. The molecule has 0 unspecified atom stereocenters. The van der Waals surface area contributed by atoms with Crippen LogP contribution in [0.2, 0.25) is 0 Å². The van der Waals surface area contributed by atoms with Gasteiger partial charge >= 0.3 is 0 Å². The number of rotatable bonds is 4. The van der Waals surface area contributed by atoms with Crippen molar-refractivity contribution in [3.8, 4) is 11.5 Å². The molecule has 1 aromatic carbocycles. The molecular weight excluding hydrogens is 220 g/mol. The van der Waals surface area contributed by atoms with E-state index in [1.54, 1.807) is 18.2 Å². The van der Waals surface area contributed by atoms with Crippen molar-refractivity contribution < 1.29 is 19.0 Å². The minimum atomic E-state index is -0.0457. The third-order valence-corrected chi connectivity index (χ3v) is 2.41. The van der Waals surface area contributed by atoms with Crippen molar-refractivity contribution >= 4 is 5.78 Å². The Kier molecular flexibility index (Phi) is 3.64. The summed E-state index contributed by atoms with van der Waals surface area (Å²) in [5.41, 5.74) is 0.593. The molecule has 1 aromatic rings. The van der Waals surface area contributed by atoms with Crippen LogP contribution in [0.4, 0.5) is 0 Å². The fourth-order valence-electron chi connectivity index (χ4n) is 1.54. The van der Waals surface area contributed by atoms with Crippen molar-refractivity contribution in [1.29, 1.82) is 0 Å². The summed E-state index contributed by atoms with van der Waals surface area (Å²) >= 11 is 0. The van der Waals surface area contributed by atoms with Crippen molar-refractivity contribution in [2.24, 2.45) is 0 Å². The highest BCUT2D eigenvalue weighted by molar-refractivity contribution is 5.97. The van der Waals surface area contributed by atoms with E-state index in [9.17, 15) is 4.79 Å². The fourth-order valence-corrected chi connectivity index (χ4v) is 1.54. The Bertz CT molecular complexity index is 412. The molecule has 0 bridgehead atoms. The van der Waals surface area contributed by atoms with Gasteiger partial charge in [0.25, 0.3) is 0 Å². The predicted molar refractivity (Wildman–Crippen MR) is 62.9 cm³/mol. The van der Waals surface area contributed by atoms with Crippen LogP contribution in [0, 0.1) is 0 Å². The molecule has 0 amide bonds. The maximum Gasteiger partial charge on any atom is 0.188 e. The van der Waals surface area contributed by atoms with E-state index in [0.717, 1.165) is 0 Å². The molecular formula is C13H16O4. The largest absolute Gasteiger partial charge is 0.486 e. The highest BCUT2D eigenvalue weighted by atomic mass is 16.6. The van der Waals surface area contributed by atoms with Crippen molar-refractivity contribution in [1.82, 2.24) is 0 Å². The van der Waals surface area contributed by atoms with Crippen LogP contribution >= 0.6 is 0 Å². The van der Waals surface area contributed by atoms with Crippen LogP contribution in [0.1, 0.15) is 24.2 Å². The van der Waals surface area contributed by atoms with Gasteiger partial charge in [0, 0.05) is 5.56 Å². The van der Waals surface area contributed by atoms with Gasteiger partial charge in [-0.15, -0.1) is 0 Å². The van der Waals surface area contributed by atoms with E-state index in [1.807, 2.05) is 13.8 Å². The Morgan fingerprint density at radius 3 is 2.71 bits per heavy atom. The Morgan fingerprint density at radius 2 is 2.00 bits per heavy atom. The van der Waals surface area contributed by atoms with Crippen molar-refractivity contribution in [3.05, 3.63) is 23.8 Å². The number of hydrogen-bond donors (Lipinski definition) is 0. The summed E-state index contributed by atoms with van der Waals surface area (Å²) in [6.07, 6.45) is 0.0520. The number of ether oxygens (including phenoxy) is 3. The van der Waals surface area contributed by atoms with Crippen LogP contribution < -0.4 is 9.47 Å². The number of benzene rings is 1.